The smallest absolute Gasteiger partial charge is 0.190 e. The minimum Gasteiger partial charge on any atom is -0.356 e. The van der Waals surface area contributed by atoms with Crippen molar-refractivity contribution in [2.45, 2.75) is 32.7 Å². The van der Waals surface area contributed by atoms with Gasteiger partial charge in [0.2, 0.25) is 0 Å². The third-order valence-corrected chi connectivity index (χ3v) is 3.96. The van der Waals surface area contributed by atoms with Crippen LogP contribution in [0.4, 0.5) is 8.78 Å². The van der Waals surface area contributed by atoms with Gasteiger partial charge in [0, 0.05) is 39.1 Å². The number of aromatic nitrogens is 2. The van der Waals surface area contributed by atoms with E-state index in [1.165, 1.54) is 6.07 Å². The number of guanidine groups is 1. The quantitative estimate of drug-likeness (QED) is 0.438. The number of hydrogen-bond acceptors (Lipinski definition) is 2. The summed E-state index contributed by atoms with van der Waals surface area (Å²) in [7, 11) is 1.69. The summed E-state index contributed by atoms with van der Waals surface area (Å²) in [6.45, 7) is 4.21. The largest absolute Gasteiger partial charge is 0.356 e. The lowest BCUT2D eigenvalue weighted by Gasteiger charge is -2.12. The summed E-state index contributed by atoms with van der Waals surface area (Å²) in [5.74, 6) is 0.874. The summed E-state index contributed by atoms with van der Waals surface area (Å²) in [5.41, 5.74) is 0.360. The predicted molar refractivity (Wildman–Crippen MR) is 95.6 cm³/mol. The van der Waals surface area contributed by atoms with E-state index in [1.54, 1.807) is 13.2 Å². The molecule has 2 aromatic rings. The highest BCUT2D eigenvalue weighted by Gasteiger charge is 2.04. The van der Waals surface area contributed by atoms with Crippen molar-refractivity contribution in [3.8, 4) is 0 Å². The van der Waals surface area contributed by atoms with Gasteiger partial charge in [-0.1, -0.05) is 0 Å². The van der Waals surface area contributed by atoms with Gasteiger partial charge in [0.1, 0.15) is 17.5 Å². The van der Waals surface area contributed by atoms with Gasteiger partial charge in [-0.2, -0.15) is 0 Å². The van der Waals surface area contributed by atoms with Crippen molar-refractivity contribution in [1.82, 2.24) is 20.2 Å². The molecule has 1 aromatic heterocycles. The molecule has 1 aromatic carbocycles. The maximum Gasteiger partial charge on any atom is 0.190 e. The number of aryl methyl sites for hydroxylation is 2. The molecular formula is C18H25F2N5. The summed E-state index contributed by atoms with van der Waals surface area (Å²) in [5, 5.41) is 6.34. The van der Waals surface area contributed by atoms with Crippen molar-refractivity contribution in [2.75, 3.05) is 20.1 Å². The van der Waals surface area contributed by atoms with Crippen LogP contribution in [-0.4, -0.2) is 35.6 Å². The van der Waals surface area contributed by atoms with Gasteiger partial charge in [-0.25, -0.2) is 13.8 Å². The number of unbranched alkanes of at least 4 members (excludes halogenated alkanes) is 1. The molecule has 136 valence electrons. The molecule has 0 saturated carbocycles. The van der Waals surface area contributed by atoms with E-state index in [1.807, 2.05) is 13.1 Å². The van der Waals surface area contributed by atoms with Gasteiger partial charge in [-0.3, -0.25) is 4.99 Å². The zero-order chi connectivity index (χ0) is 18.1. The van der Waals surface area contributed by atoms with Crippen molar-refractivity contribution in [3.63, 3.8) is 0 Å². The highest BCUT2D eigenvalue weighted by molar-refractivity contribution is 5.79. The molecule has 0 unspecified atom stereocenters. The third kappa shape index (κ3) is 6.17. The Kier molecular flexibility index (Phi) is 7.37. The van der Waals surface area contributed by atoms with Gasteiger partial charge < -0.3 is 15.2 Å². The van der Waals surface area contributed by atoms with Gasteiger partial charge in [0.15, 0.2) is 5.96 Å². The van der Waals surface area contributed by atoms with E-state index in [0.29, 0.717) is 24.5 Å². The fraction of sp³-hybridized carbons (Fsp3) is 0.444. The van der Waals surface area contributed by atoms with Crippen LogP contribution < -0.4 is 10.6 Å². The van der Waals surface area contributed by atoms with E-state index in [0.717, 1.165) is 43.9 Å². The first-order valence-corrected chi connectivity index (χ1v) is 8.46. The molecule has 5 nitrogen and oxygen atoms in total. The first kappa shape index (κ1) is 18.9. The molecule has 0 saturated heterocycles. The van der Waals surface area contributed by atoms with E-state index < -0.39 is 5.82 Å². The van der Waals surface area contributed by atoms with E-state index in [-0.39, 0.29) is 5.82 Å². The second-order valence-electron chi connectivity index (χ2n) is 5.79. The number of rotatable bonds is 8. The molecule has 1 heterocycles. The van der Waals surface area contributed by atoms with E-state index in [2.05, 4.69) is 25.2 Å². The topological polar surface area (TPSA) is 54.2 Å². The first-order chi connectivity index (χ1) is 12.1. The number of hydrogen-bond donors (Lipinski definition) is 2. The molecule has 0 atom stereocenters. The highest BCUT2D eigenvalue weighted by Crippen LogP contribution is 2.09. The number of imidazole rings is 1. The van der Waals surface area contributed by atoms with Crippen LogP contribution in [0.5, 0.6) is 0 Å². The normalized spacial score (nSPS) is 11.6. The van der Waals surface area contributed by atoms with Gasteiger partial charge in [0.25, 0.3) is 0 Å². The van der Waals surface area contributed by atoms with Crippen molar-refractivity contribution in [1.29, 1.82) is 0 Å². The monoisotopic (exact) mass is 349 g/mol. The van der Waals surface area contributed by atoms with Crippen LogP contribution in [0.15, 0.2) is 35.6 Å². The maximum absolute atomic E-state index is 13.6. The van der Waals surface area contributed by atoms with Crippen molar-refractivity contribution in [2.24, 2.45) is 4.99 Å². The second-order valence-corrected chi connectivity index (χ2v) is 5.79. The third-order valence-electron chi connectivity index (χ3n) is 3.96. The summed E-state index contributed by atoms with van der Waals surface area (Å²) in [6.07, 6.45) is 6.21. The zero-order valence-corrected chi connectivity index (χ0v) is 14.7. The summed E-state index contributed by atoms with van der Waals surface area (Å²) in [4.78, 5) is 8.33. The SMILES string of the molecule is CN=C(NCCCCn1ccnc1C)NCCc1cc(F)ccc1F. The van der Waals surface area contributed by atoms with Crippen molar-refractivity contribution < 1.29 is 8.78 Å². The average Bonchev–Trinajstić information content (AvgIpc) is 3.01. The lowest BCUT2D eigenvalue weighted by molar-refractivity contribution is 0.580. The maximum atomic E-state index is 13.6. The van der Waals surface area contributed by atoms with E-state index in [4.69, 9.17) is 0 Å². The van der Waals surface area contributed by atoms with Crippen molar-refractivity contribution in [3.05, 3.63) is 53.6 Å². The molecule has 0 bridgehead atoms. The number of aliphatic imine (C=N–C) groups is 1. The molecule has 0 amide bonds. The number of benzene rings is 1. The summed E-state index contributed by atoms with van der Waals surface area (Å²) < 4.78 is 28.8. The van der Waals surface area contributed by atoms with Crippen molar-refractivity contribution >= 4 is 5.96 Å². The summed E-state index contributed by atoms with van der Waals surface area (Å²) in [6, 6.07) is 3.50. The fourth-order valence-corrected chi connectivity index (χ4v) is 2.53. The van der Waals surface area contributed by atoms with Crippen LogP contribution in [0, 0.1) is 18.6 Å². The van der Waals surface area contributed by atoms with Crippen LogP contribution in [-0.2, 0) is 13.0 Å². The second kappa shape index (κ2) is 9.76. The number of nitrogens with zero attached hydrogens (tertiary/aromatic N) is 3. The molecule has 25 heavy (non-hydrogen) atoms. The van der Waals surface area contributed by atoms with Gasteiger partial charge in [-0.15, -0.1) is 0 Å². The number of nitrogens with one attached hydrogen (secondary N) is 2. The molecule has 2 N–H and O–H groups in total. The average molecular weight is 349 g/mol. The molecule has 0 spiro atoms. The van der Waals surface area contributed by atoms with Crippen LogP contribution in [0.3, 0.4) is 0 Å². The standard InChI is InChI=1S/C18H25F2N5/c1-14-22-10-12-25(14)11-4-3-8-23-18(21-2)24-9-7-15-13-16(19)5-6-17(15)20/h5-6,10,12-13H,3-4,7-9,11H2,1-2H3,(H2,21,23,24). The fourth-order valence-electron chi connectivity index (χ4n) is 2.53. The molecule has 0 aliphatic heterocycles. The van der Waals surface area contributed by atoms with Gasteiger partial charge in [-0.05, 0) is 49.9 Å². The Morgan fingerprint density at radius 3 is 2.72 bits per heavy atom. The number of halogens is 2. The Morgan fingerprint density at radius 1 is 1.20 bits per heavy atom. The van der Waals surface area contributed by atoms with Crippen LogP contribution in [0.1, 0.15) is 24.2 Å². The van der Waals surface area contributed by atoms with E-state index >= 15 is 0 Å². The molecular weight excluding hydrogens is 324 g/mol. The Labute approximate surface area is 147 Å². The zero-order valence-electron chi connectivity index (χ0n) is 14.7. The van der Waals surface area contributed by atoms with Gasteiger partial charge in [0.05, 0.1) is 0 Å². The van der Waals surface area contributed by atoms with Crippen LogP contribution >= 0.6 is 0 Å². The minimum atomic E-state index is -0.424. The molecule has 0 radical (unpaired) electrons. The predicted octanol–water partition coefficient (Wildman–Crippen LogP) is 2.66. The van der Waals surface area contributed by atoms with Crippen LogP contribution in [0.25, 0.3) is 0 Å². The van der Waals surface area contributed by atoms with Crippen LogP contribution in [0.2, 0.25) is 0 Å². The molecule has 0 aliphatic carbocycles. The Bertz CT molecular complexity index is 697. The molecule has 0 aliphatic rings. The Hall–Kier alpha value is -2.44. The van der Waals surface area contributed by atoms with E-state index in [9.17, 15) is 8.78 Å². The lowest BCUT2D eigenvalue weighted by Crippen LogP contribution is -2.38. The van der Waals surface area contributed by atoms with Gasteiger partial charge >= 0.3 is 0 Å². The first-order valence-electron chi connectivity index (χ1n) is 8.46. The lowest BCUT2D eigenvalue weighted by atomic mass is 10.1. The summed E-state index contributed by atoms with van der Waals surface area (Å²) >= 11 is 0. The molecule has 2 rings (SSSR count). The Morgan fingerprint density at radius 2 is 2.00 bits per heavy atom. The molecule has 7 heteroatoms. The minimum absolute atomic E-state index is 0.360. The Balaban J connectivity index is 1.63. The highest BCUT2D eigenvalue weighted by atomic mass is 19.1. The molecule has 0 fully saturated rings.